The predicted molar refractivity (Wildman–Crippen MR) is 87.3 cm³/mol. The van der Waals surface area contributed by atoms with Crippen molar-refractivity contribution >= 4 is 27.3 Å². The number of rotatable bonds is 7. The molecule has 0 aliphatic carbocycles. The van der Waals surface area contributed by atoms with Crippen LogP contribution in [-0.2, 0) is 13.2 Å². The van der Waals surface area contributed by atoms with Crippen LogP contribution in [0.2, 0.25) is 0 Å². The zero-order valence-corrected chi connectivity index (χ0v) is 14.2. The molecule has 0 aliphatic heterocycles. The zero-order chi connectivity index (χ0) is 14.4. The molecular formula is C15H19BrN2OS. The second-order valence-corrected chi connectivity index (χ2v) is 6.71. The normalized spacial score (nSPS) is 10.8. The Labute approximate surface area is 132 Å². The summed E-state index contributed by atoms with van der Waals surface area (Å²) in [6.07, 6.45) is 3.01. The molecule has 1 heterocycles. The molecule has 20 heavy (non-hydrogen) atoms. The summed E-state index contributed by atoms with van der Waals surface area (Å²) in [5, 5.41) is 4.48. The van der Waals surface area contributed by atoms with E-state index in [0.29, 0.717) is 6.61 Å². The number of aromatic nitrogens is 1. The second-order valence-electron chi connectivity index (χ2n) is 4.54. The van der Waals surface area contributed by atoms with Gasteiger partial charge in [0.1, 0.15) is 12.4 Å². The number of nitrogens with one attached hydrogen (secondary N) is 1. The van der Waals surface area contributed by atoms with Gasteiger partial charge in [-0.2, -0.15) is 0 Å². The highest BCUT2D eigenvalue weighted by atomic mass is 79.9. The molecule has 2 aromatic rings. The molecule has 0 spiro atoms. The van der Waals surface area contributed by atoms with E-state index in [9.17, 15) is 0 Å². The third kappa shape index (κ3) is 4.30. The minimum Gasteiger partial charge on any atom is -0.486 e. The number of ether oxygens (including phenoxy) is 1. The van der Waals surface area contributed by atoms with Crippen molar-refractivity contribution < 1.29 is 4.74 Å². The van der Waals surface area contributed by atoms with E-state index >= 15 is 0 Å². The van der Waals surface area contributed by atoms with Crippen molar-refractivity contribution in [1.82, 2.24) is 10.3 Å². The Morgan fingerprint density at radius 2 is 2.25 bits per heavy atom. The van der Waals surface area contributed by atoms with Crippen LogP contribution in [-0.4, -0.2) is 11.5 Å². The van der Waals surface area contributed by atoms with Crippen molar-refractivity contribution in [2.75, 3.05) is 6.54 Å². The Bertz CT molecular complexity index is 557. The van der Waals surface area contributed by atoms with E-state index in [1.54, 1.807) is 11.3 Å². The van der Waals surface area contributed by atoms with Crippen molar-refractivity contribution in [3.05, 3.63) is 44.3 Å². The van der Waals surface area contributed by atoms with Crippen LogP contribution < -0.4 is 10.1 Å². The third-order valence-electron chi connectivity index (χ3n) is 2.82. The molecule has 0 unspecified atom stereocenters. The maximum absolute atomic E-state index is 5.98. The summed E-state index contributed by atoms with van der Waals surface area (Å²) < 4.78 is 6.98. The summed E-state index contributed by atoms with van der Waals surface area (Å²) in [6.45, 7) is 6.57. The molecule has 0 fully saturated rings. The maximum atomic E-state index is 5.98. The fourth-order valence-electron chi connectivity index (χ4n) is 1.87. The number of benzene rings is 1. The van der Waals surface area contributed by atoms with E-state index in [4.69, 9.17) is 4.74 Å². The zero-order valence-electron chi connectivity index (χ0n) is 11.8. The lowest BCUT2D eigenvalue weighted by atomic mass is 10.2. The predicted octanol–water partition coefficient (Wildman–Crippen LogP) is 4.29. The van der Waals surface area contributed by atoms with Crippen LogP contribution in [0.25, 0.3) is 0 Å². The van der Waals surface area contributed by atoms with Gasteiger partial charge in [-0.25, -0.2) is 4.98 Å². The SMILES string of the molecule is CCCNCc1cccc(Br)c1OCc1cnc(C)s1. The summed E-state index contributed by atoms with van der Waals surface area (Å²) in [7, 11) is 0. The van der Waals surface area contributed by atoms with Crippen LogP contribution in [0.1, 0.15) is 28.8 Å². The summed E-state index contributed by atoms with van der Waals surface area (Å²) in [4.78, 5) is 5.39. The van der Waals surface area contributed by atoms with Gasteiger partial charge in [0.15, 0.2) is 0 Å². The molecule has 1 aromatic carbocycles. The quantitative estimate of drug-likeness (QED) is 0.753. The average molecular weight is 355 g/mol. The third-order valence-corrected chi connectivity index (χ3v) is 4.33. The van der Waals surface area contributed by atoms with E-state index in [0.717, 1.165) is 39.6 Å². The van der Waals surface area contributed by atoms with Crippen molar-refractivity contribution in [3.8, 4) is 5.75 Å². The van der Waals surface area contributed by atoms with Crippen LogP contribution in [0, 0.1) is 6.92 Å². The molecule has 2 rings (SSSR count). The Morgan fingerprint density at radius 1 is 1.40 bits per heavy atom. The first-order valence-corrected chi connectivity index (χ1v) is 8.34. The van der Waals surface area contributed by atoms with Crippen LogP contribution in [0.4, 0.5) is 0 Å². The van der Waals surface area contributed by atoms with Crippen molar-refractivity contribution in [2.24, 2.45) is 0 Å². The lowest BCUT2D eigenvalue weighted by Crippen LogP contribution is -2.14. The molecule has 0 atom stereocenters. The molecule has 5 heteroatoms. The molecule has 0 saturated carbocycles. The lowest BCUT2D eigenvalue weighted by molar-refractivity contribution is 0.303. The fourth-order valence-corrected chi connectivity index (χ4v) is 3.10. The van der Waals surface area contributed by atoms with Gasteiger partial charge in [0.05, 0.1) is 14.4 Å². The van der Waals surface area contributed by atoms with E-state index in [1.807, 2.05) is 25.3 Å². The number of hydrogen-bond acceptors (Lipinski definition) is 4. The van der Waals surface area contributed by atoms with Gasteiger partial charge in [-0.15, -0.1) is 11.3 Å². The highest BCUT2D eigenvalue weighted by Gasteiger charge is 2.09. The summed E-state index contributed by atoms with van der Waals surface area (Å²) in [5.41, 5.74) is 1.18. The minimum absolute atomic E-state index is 0.564. The van der Waals surface area contributed by atoms with Gasteiger partial charge in [0.2, 0.25) is 0 Å². The van der Waals surface area contributed by atoms with Gasteiger partial charge in [-0.3, -0.25) is 0 Å². The van der Waals surface area contributed by atoms with Crippen LogP contribution >= 0.6 is 27.3 Å². The second kappa shape index (κ2) is 7.76. The monoisotopic (exact) mass is 354 g/mol. The van der Waals surface area contributed by atoms with Crippen LogP contribution in [0.3, 0.4) is 0 Å². The summed E-state index contributed by atoms with van der Waals surface area (Å²) >= 11 is 5.24. The van der Waals surface area contributed by atoms with E-state index in [-0.39, 0.29) is 0 Å². The van der Waals surface area contributed by atoms with E-state index in [2.05, 4.69) is 39.2 Å². The minimum atomic E-state index is 0.564. The Balaban J connectivity index is 2.04. The van der Waals surface area contributed by atoms with Crippen molar-refractivity contribution in [1.29, 1.82) is 0 Å². The number of thiazole rings is 1. The molecular weight excluding hydrogens is 336 g/mol. The highest BCUT2D eigenvalue weighted by Crippen LogP contribution is 2.30. The Hall–Kier alpha value is -0.910. The van der Waals surface area contributed by atoms with Crippen molar-refractivity contribution in [2.45, 2.75) is 33.4 Å². The Kier molecular flexibility index (Phi) is 6.01. The molecule has 3 nitrogen and oxygen atoms in total. The molecule has 0 amide bonds. The highest BCUT2D eigenvalue weighted by molar-refractivity contribution is 9.10. The molecule has 108 valence electrons. The van der Waals surface area contributed by atoms with Gasteiger partial charge in [-0.1, -0.05) is 19.1 Å². The molecule has 0 saturated heterocycles. The van der Waals surface area contributed by atoms with Gasteiger partial charge in [-0.05, 0) is 41.9 Å². The standard InChI is InChI=1S/C15H19BrN2OS/c1-3-7-17-8-12-5-4-6-14(16)15(12)19-10-13-9-18-11(2)20-13/h4-6,9,17H,3,7-8,10H2,1-2H3. The van der Waals surface area contributed by atoms with Gasteiger partial charge >= 0.3 is 0 Å². The maximum Gasteiger partial charge on any atom is 0.138 e. The van der Waals surface area contributed by atoms with Gasteiger partial charge < -0.3 is 10.1 Å². The van der Waals surface area contributed by atoms with E-state index < -0.39 is 0 Å². The number of para-hydroxylation sites is 1. The molecule has 0 radical (unpaired) electrons. The van der Waals surface area contributed by atoms with Crippen LogP contribution in [0.5, 0.6) is 5.75 Å². The van der Waals surface area contributed by atoms with E-state index in [1.165, 1.54) is 5.56 Å². The number of aryl methyl sites for hydroxylation is 1. The largest absolute Gasteiger partial charge is 0.486 e. The topological polar surface area (TPSA) is 34.1 Å². The summed E-state index contributed by atoms with van der Waals surface area (Å²) in [5.74, 6) is 0.919. The smallest absolute Gasteiger partial charge is 0.138 e. The summed E-state index contributed by atoms with van der Waals surface area (Å²) in [6, 6.07) is 6.15. The first-order chi connectivity index (χ1) is 9.70. The van der Waals surface area contributed by atoms with Crippen LogP contribution in [0.15, 0.2) is 28.9 Å². The van der Waals surface area contributed by atoms with Gasteiger partial charge in [0.25, 0.3) is 0 Å². The first kappa shape index (κ1) is 15.5. The first-order valence-electron chi connectivity index (χ1n) is 6.73. The molecule has 1 aromatic heterocycles. The Morgan fingerprint density at radius 3 is 2.95 bits per heavy atom. The van der Waals surface area contributed by atoms with Gasteiger partial charge in [0, 0.05) is 18.3 Å². The number of hydrogen-bond donors (Lipinski definition) is 1. The fraction of sp³-hybridized carbons (Fsp3) is 0.400. The van der Waals surface area contributed by atoms with Crippen molar-refractivity contribution in [3.63, 3.8) is 0 Å². The number of nitrogens with zero attached hydrogens (tertiary/aromatic N) is 1. The number of halogens is 1. The molecule has 1 N–H and O–H groups in total. The molecule has 0 bridgehead atoms. The lowest BCUT2D eigenvalue weighted by Gasteiger charge is -2.13. The molecule has 0 aliphatic rings. The average Bonchev–Trinajstić information content (AvgIpc) is 2.84.